The third-order valence-electron chi connectivity index (χ3n) is 2.53. The van der Waals surface area contributed by atoms with Crippen molar-refractivity contribution in [3.8, 4) is 11.5 Å². The van der Waals surface area contributed by atoms with Crippen LogP contribution in [0.3, 0.4) is 0 Å². The second-order valence-corrected chi connectivity index (χ2v) is 4.15. The fourth-order valence-corrected chi connectivity index (χ4v) is 1.52. The molecule has 6 heteroatoms. The van der Waals surface area contributed by atoms with Gasteiger partial charge < -0.3 is 14.6 Å². The standard InChI is InChI=1S/C13H17F3O3/c1-9(17)10-4-5-11(12(8-10)18-2)19-7-3-6-13(14,15)16/h4-5,8-9,17H,3,6-7H2,1-2H3/t9-/m1/s1. The minimum Gasteiger partial charge on any atom is -0.493 e. The van der Waals surface area contributed by atoms with Gasteiger partial charge in [-0.05, 0) is 31.0 Å². The molecule has 19 heavy (non-hydrogen) atoms. The van der Waals surface area contributed by atoms with E-state index in [0.29, 0.717) is 17.1 Å². The van der Waals surface area contributed by atoms with Crippen molar-refractivity contribution >= 4 is 0 Å². The Balaban J connectivity index is 2.58. The molecular weight excluding hydrogens is 261 g/mol. The van der Waals surface area contributed by atoms with Crippen LogP contribution < -0.4 is 9.47 Å². The number of halogens is 3. The monoisotopic (exact) mass is 278 g/mol. The summed E-state index contributed by atoms with van der Waals surface area (Å²) in [6, 6.07) is 4.82. The molecule has 0 amide bonds. The van der Waals surface area contributed by atoms with E-state index in [1.807, 2.05) is 0 Å². The summed E-state index contributed by atoms with van der Waals surface area (Å²) in [5.41, 5.74) is 0.652. The largest absolute Gasteiger partial charge is 0.493 e. The van der Waals surface area contributed by atoms with Crippen LogP contribution in [0.15, 0.2) is 18.2 Å². The molecule has 0 aliphatic rings. The first-order valence-electron chi connectivity index (χ1n) is 5.89. The van der Waals surface area contributed by atoms with E-state index in [9.17, 15) is 18.3 Å². The molecule has 1 aromatic carbocycles. The molecule has 1 rings (SSSR count). The Hall–Kier alpha value is -1.43. The lowest BCUT2D eigenvalue weighted by Gasteiger charge is -2.13. The van der Waals surface area contributed by atoms with Crippen LogP contribution in [0.25, 0.3) is 0 Å². The van der Waals surface area contributed by atoms with E-state index in [4.69, 9.17) is 9.47 Å². The van der Waals surface area contributed by atoms with Crippen molar-refractivity contribution < 1.29 is 27.8 Å². The van der Waals surface area contributed by atoms with Gasteiger partial charge in [-0.25, -0.2) is 0 Å². The molecule has 0 fully saturated rings. The van der Waals surface area contributed by atoms with Gasteiger partial charge in [0.25, 0.3) is 0 Å². The van der Waals surface area contributed by atoms with E-state index in [-0.39, 0.29) is 13.0 Å². The Morgan fingerprint density at radius 3 is 2.47 bits per heavy atom. The molecule has 0 heterocycles. The molecule has 3 nitrogen and oxygen atoms in total. The Bertz CT molecular complexity index is 403. The fraction of sp³-hybridized carbons (Fsp3) is 0.538. The van der Waals surface area contributed by atoms with Gasteiger partial charge in [0.2, 0.25) is 0 Å². The van der Waals surface area contributed by atoms with E-state index < -0.39 is 18.7 Å². The van der Waals surface area contributed by atoms with Crippen molar-refractivity contribution in [3.05, 3.63) is 23.8 Å². The molecular formula is C13H17F3O3. The number of hydrogen-bond donors (Lipinski definition) is 1. The molecule has 0 aliphatic carbocycles. The van der Waals surface area contributed by atoms with Gasteiger partial charge in [-0.3, -0.25) is 0 Å². The van der Waals surface area contributed by atoms with Gasteiger partial charge in [0.1, 0.15) is 0 Å². The molecule has 0 unspecified atom stereocenters. The number of ether oxygens (including phenoxy) is 2. The van der Waals surface area contributed by atoms with Gasteiger partial charge in [-0.15, -0.1) is 0 Å². The third-order valence-corrected chi connectivity index (χ3v) is 2.53. The molecule has 1 atom stereocenters. The van der Waals surface area contributed by atoms with E-state index in [0.717, 1.165) is 0 Å². The fourth-order valence-electron chi connectivity index (χ4n) is 1.52. The highest BCUT2D eigenvalue weighted by Gasteiger charge is 2.26. The number of hydrogen-bond acceptors (Lipinski definition) is 3. The van der Waals surface area contributed by atoms with E-state index in [2.05, 4.69) is 0 Å². The topological polar surface area (TPSA) is 38.7 Å². The average molecular weight is 278 g/mol. The number of aliphatic hydroxyl groups excluding tert-OH is 1. The summed E-state index contributed by atoms with van der Waals surface area (Å²) in [6.07, 6.45) is -5.79. The van der Waals surface area contributed by atoms with Gasteiger partial charge in [-0.1, -0.05) is 6.07 Å². The molecule has 0 aromatic heterocycles. The first kappa shape index (κ1) is 15.6. The predicted octanol–water partition coefficient (Wildman–Crippen LogP) is 3.47. The van der Waals surface area contributed by atoms with Crippen molar-refractivity contribution in [3.63, 3.8) is 0 Å². The lowest BCUT2D eigenvalue weighted by atomic mass is 10.1. The van der Waals surface area contributed by atoms with Crippen molar-refractivity contribution in [2.75, 3.05) is 13.7 Å². The summed E-state index contributed by atoms with van der Waals surface area (Å²) >= 11 is 0. The van der Waals surface area contributed by atoms with Gasteiger partial charge in [0.15, 0.2) is 11.5 Å². The number of methoxy groups -OCH3 is 1. The van der Waals surface area contributed by atoms with Crippen molar-refractivity contribution in [1.82, 2.24) is 0 Å². The van der Waals surface area contributed by atoms with Crippen LogP contribution in [0.4, 0.5) is 13.2 Å². The van der Waals surface area contributed by atoms with Gasteiger partial charge in [-0.2, -0.15) is 13.2 Å². The molecule has 0 radical (unpaired) electrons. The minimum absolute atomic E-state index is 0.0378. The second kappa shape index (κ2) is 6.65. The van der Waals surface area contributed by atoms with Crippen LogP contribution in [0, 0.1) is 0 Å². The maximum absolute atomic E-state index is 12.0. The molecule has 0 saturated carbocycles. The van der Waals surface area contributed by atoms with Crippen molar-refractivity contribution in [1.29, 1.82) is 0 Å². The van der Waals surface area contributed by atoms with Gasteiger partial charge in [0, 0.05) is 6.42 Å². The van der Waals surface area contributed by atoms with E-state index >= 15 is 0 Å². The van der Waals surface area contributed by atoms with Crippen molar-refractivity contribution in [2.24, 2.45) is 0 Å². The Labute approximate surface area is 110 Å². The van der Waals surface area contributed by atoms with Crippen molar-refractivity contribution in [2.45, 2.75) is 32.0 Å². The van der Waals surface area contributed by atoms with Gasteiger partial charge >= 0.3 is 6.18 Å². The lowest BCUT2D eigenvalue weighted by Crippen LogP contribution is -2.10. The first-order chi connectivity index (χ1) is 8.83. The van der Waals surface area contributed by atoms with Crippen LogP contribution >= 0.6 is 0 Å². The molecule has 108 valence electrons. The van der Waals surface area contributed by atoms with Crippen LogP contribution in [-0.2, 0) is 0 Å². The molecule has 0 aliphatic heterocycles. The second-order valence-electron chi connectivity index (χ2n) is 4.15. The highest BCUT2D eigenvalue weighted by Crippen LogP contribution is 2.30. The lowest BCUT2D eigenvalue weighted by molar-refractivity contribution is -0.136. The van der Waals surface area contributed by atoms with E-state index in [1.165, 1.54) is 7.11 Å². The Morgan fingerprint density at radius 1 is 1.26 bits per heavy atom. The van der Waals surface area contributed by atoms with Crippen LogP contribution in [0.5, 0.6) is 11.5 Å². The minimum atomic E-state index is -4.16. The van der Waals surface area contributed by atoms with Crippen LogP contribution in [0.1, 0.15) is 31.4 Å². The normalized spacial score (nSPS) is 13.2. The number of aliphatic hydroxyl groups is 1. The SMILES string of the molecule is COc1cc([C@@H](C)O)ccc1OCCCC(F)(F)F. The number of rotatable bonds is 6. The van der Waals surface area contributed by atoms with Gasteiger partial charge in [0.05, 0.1) is 19.8 Å². The quantitative estimate of drug-likeness (QED) is 0.810. The zero-order chi connectivity index (χ0) is 14.5. The highest BCUT2D eigenvalue weighted by molar-refractivity contribution is 5.43. The number of alkyl halides is 3. The predicted molar refractivity (Wildman–Crippen MR) is 64.4 cm³/mol. The first-order valence-corrected chi connectivity index (χ1v) is 5.89. The zero-order valence-corrected chi connectivity index (χ0v) is 10.8. The maximum Gasteiger partial charge on any atom is 0.389 e. The molecule has 1 aromatic rings. The average Bonchev–Trinajstić information content (AvgIpc) is 2.33. The zero-order valence-electron chi connectivity index (χ0n) is 10.8. The summed E-state index contributed by atoms with van der Waals surface area (Å²) in [7, 11) is 1.43. The molecule has 0 bridgehead atoms. The Morgan fingerprint density at radius 2 is 1.95 bits per heavy atom. The molecule has 1 N–H and O–H groups in total. The third kappa shape index (κ3) is 5.38. The highest BCUT2D eigenvalue weighted by atomic mass is 19.4. The molecule has 0 spiro atoms. The summed E-state index contributed by atoms with van der Waals surface area (Å²) in [6.45, 7) is 1.57. The summed E-state index contributed by atoms with van der Waals surface area (Å²) in [4.78, 5) is 0. The number of benzene rings is 1. The Kier molecular flexibility index (Phi) is 5.47. The summed E-state index contributed by atoms with van der Waals surface area (Å²) in [5.74, 6) is 0.763. The smallest absolute Gasteiger partial charge is 0.389 e. The maximum atomic E-state index is 12.0. The molecule has 0 saturated heterocycles. The summed E-state index contributed by atoms with van der Waals surface area (Å²) < 4.78 is 46.2. The van der Waals surface area contributed by atoms with Crippen LogP contribution in [0.2, 0.25) is 0 Å². The van der Waals surface area contributed by atoms with Crippen LogP contribution in [-0.4, -0.2) is 25.0 Å². The van der Waals surface area contributed by atoms with E-state index in [1.54, 1.807) is 25.1 Å². The summed E-state index contributed by atoms with van der Waals surface area (Å²) in [5, 5.41) is 9.42.